The van der Waals surface area contributed by atoms with Gasteiger partial charge in [0.15, 0.2) is 0 Å². The Balaban J connectivity index is 3.27. The second kappa shape index (κ2) is 24.4. The monoisotopic (exact) mass is 463 g/mol. The molecule has 7 nitrogen and oxygen atoms in total. The van der Waals surface area contributed by atoms with Crippen LogP contribution in [0.5, 0.6) is 0 Å². The molecule has 0 heterocycles. The molecule has 0 atom stereocenters. The number of unbranched alkanes of at least 4 members (excludes halogenated alkanes) is 8. The highest BCUT2D eigenvalue weighted by Gasteiger charge is 2.08. The van der Waals surface area contributed by atoms with E-state index in [0.717, 1.165) is 84.3 Å². The molecule has 0 amide bonds. The van der Waals surface area contributed by atoms with Gasteiger partial charge in [-0.25, -0.2) is 13.1 Å². The summed E-state index contributed by atoms with van der Waals surface area (Å²) in [5.41, 5.74) is 5.46. The molecule has 0 saturated carbocycles. The first-order valence-corrected chi connectivity index (χ1v) is 14.6. The first-order valence-electron chi connectivity index (χ1n) is 12.9. The lowest BCUT2D eigenvalue weighted by atomic mass is 10.1. The second-order valence-electron chi connectivity index (χ2n) is 8.49. The highest BCUT2D eigenvalue weighted by molar-refractivity contribution is 7.89. The number of nitrogens with one attached hydrogen (secondary N) is 4. The van der Waals surface area contributed by atoms with Gasteiger partial charge in [0.25, 0.3) is 0 Å². The minimum absolute atomic E-state index is 0.269. The van der Waals surface area contributed by atoms with Gasteiger partial charge in [-0.2, -0.15) is 0 Å². The van der Waals surface area contributed by atoms with Crippen molar-refractivity contribution in [2.24, 2.45) is 5.73 Å². The van der Waals surface area contributed by atoms with Gasteiger partial charge in [-0.15, -0.1) is 0 Å². The molecule has 0 aliphatic carbocycles. The molecule has 0 radical (unpaired) electrons. The summed E-state index contributed by atoms with van der Waals surface area (Å²) in [4.78, 5) is 0. The van der Waals surface area contributed by atoms with Gasteiger partial charge in [0.05, 0.1) is 5.75 Å². The summed E-state index contributed by atoms with van der Waals surface area (Å²) in [6.45, 7) is 9.54. The molecule has 0 rings (SSSR count). The Kier molecular flexibility index (Phi) is 24.2. The molecule has 0 spiro atoms. The van der Waals surface area contributed by atoms with Crippen LogP contribution < -0.4 is 26.4 Å². The lowest BCUT2D eigenvalue weighted by Crippen LogP contribution is -2.30. The quantitative estimate of drug-likeness (QED) is 0.126. The zero-order valence-corrected chi connectivity index (χ0v) is 21.2. The first-order chi connectivity index (χ1) is 15.1. The molecular formula is C23H53N5O2S. The van der Waals surface area contributed by atoms with Crippen LogP contribution in [0.25, 0.3) is 0 Å². The molecule has 0 aromatic carbocycles. The number of sulfonamides is 1. The molecule has 0 aliphatic heterocycles. The Morgan fingerprint density at radius 1 is 0.548 bits per heavy atom. The van der Waals surface area contributed by atoms with Gasteiger partial charge in [0, 0.05) is 6.54 Å². The molecule has 0 saturated heterocycles. The summed E-state index contributed by atoms with van der Waals surface area (Å²) in [6.07, 6.45) is 14.8. The van der Waals surface area contributed by atoms with Crippen molar-refractivity contribution in [2.45, 2.75) is 90.4 Å². The second-order valence-corrected chi connectivity index (χ2v) is 10.4. The smallest absolute Gasteiger partial charge is 0.211 e. The fourth-order valence-corrected chi connectivity index (χ4v) is 4.56. The van der Waals surface area contributed by atoms with Crippen LogP contribution in [0, 0.1) is 0 Å². The van der Waals surface area contributed by atoms with E-state index in [4.69, 9.17) is 5.73 Å². The van der Waals surface area contributed by atoms with Crippen molar-refractivity contribution in [3.8, 4) is 0 Å². The van der Waals surface area contributed by atoms with E-state index in [2.05, 4.69) is 27.6 Å². The minimum atomic E-state index is -3.10. The maximum Gasteiger partial charge on any atom is 0.211 e. The van der Waals surface area contributed by atoms with E-state index in [9.17, 15) is 8.42 Å². The van der Waals surface area contributed by atoms with Crippen LogP contribution in [0.4, 0.5) is 0 Å². The van der Waals surface area contributed by atoms with Crippen LogP contribution in [0.15, 0.2) is 0 Å². The van der Waals surface area contributed by atoms with Gasteiger partial charge >= 0.3 is 0 Å². The number of hydrogen-bond donors (Lipinski definition) is 5. The van der Waals surface area contributed by atoms with E-state index < -0.39 is 10.0 Å². The topological polar surface area (TPSA) is 108 Å². The Bertz CT molecular complexity index is 449. The summed E-state index contributed by atoms with van der Waals surface area (Å²) in [6, 6.07) is 0. The third-order valence-corrected chi connectivity index (χ3v) is 6.81. The molecule has 6 N–H and O–H groups in total. The summed E-state index contributed by atoms with van der Waals surface area (Å²) >= 11 is 0. The van der Waals surface area contributed by atoms with E-state index in [0.29, 0.717) is 6.54 Å². The summed E-state index contributed by atoms with van der Waals surface area (Å²) in [7, 11) is -3.10. The Hall–Kier alpha value is -0.250. The predicted octanol–water partition coefficient (Wildman–Crippen LogP) is 2.72. The van der Waals surface area contributed by atoms with Gasteiger partial charge in [0.1, 0.15) is 0 Å². The third-order valence-electron chi connectivity index (χ3n) is 5.34. The van der Waals surface area contributed by atoms with E-state index in [1.807, 2.05) is 0 Å². The molecule has 0 aliphatic rings. The normalized spacial score (nSPS) is 11.9. The highest BCUT2D eigenvalue weighted by atomic mass is 32.2. The minimum Gasteiger partial charge on any atom is -0.330 e. The average molecular weight is 464 g/mol. The largest absolute Gasteiger partial charge is 0.330 e. The van der Waals surface area contributed by atoms with E-state index in [-0.39, 0.29) is 5.75 Å². The SMILES string of the molecule is CCCCCCCCCCS(=O)(=O)NCCCNCCCNCCCCNCCCN. The Morgan fingerprint density at radius 3 is 1.55 bits per heavy atom. The molecule has 0 aromatic rings. The molecule has 31 heavy (non-hydrogen) atoms. The Morgan fingerprint density at radius 2 is 1.00 bits per heavy atom. The Labute approximate surface area is 193 Å². The highest BCUT2D eigenvalue weighted by Crippen LogP contribution is 2.08. The number of rotatable bonds is 26. The van der Waals surface area contributed by atoms with Crippen LogP contribution in [0.1, 0.15) is 90.4 Å². The van der Waals surface area contributed by atoms with Crippen LogP contribution in [0.3, 0.4) is 0 Å². The first kappa shape index (κ1) is 30.8. The van der Waals surface area contributed by atoms with E-state index in [1.165, 1.54) is 44.9 Å². The van der Waals surface area contributed by atoms with Crippen molar-refractivity contribution in [1.82, 2.24) is 20.7 Å². The van der Waals surface area contributed by atoms with Gasteiger partial charge in [-0.05, 0) is 84.3 Å². The summed E-state index contributed by atoms with van der Waals surface area (Å²) in [5, 5.41) is 10.3. The predicted molar refractivity (Wildman–Crippen MR) is 135 cm³/mol. The molecule has 0 bridgehead atoms. The molecule has 0 unspecified atom stereocenters. The van der Waals surface area contributed by atoms with Gasteiger partial charge < -0.3 is 21.7 Å². The summed E-state index contributed by atoms with van der Waals surface area (Å²) < 4.78 is 26.7. The average Bonchev–Trinajstić information content (AvgIpc) is 2.75. The van der Waals surface area contributed by atoms with Crippen molar-refractivity contribution in [3.05, 3.63) is 0 Å². The maximum atomic E-state index is 12.0. The van der Waals surface area contributed by atoms with E-state index in [1.54, 1.807) is 0 Å². The molecule has 188 valence electrons. The zero-order valence-electron chi connectivity index (χ0n) is 20.4. The van der Waals surface area contributed by atoms with Crippen LogP contribution in [0.2, 0.25) is 0 Å². The van der Waals surface area contributed by atoms with Crippen LogP contribution in [-0.2, 0) is 10.0 Å². The molecule has 0 aromatic heterocycles. The third kappa shape index (κ3) is 25.9. The molecular weight excluding hydrogens is 410 g/mol. The molecule has 0 fully saturated rings. The van der Waals surface area contributed by atoms with Crippen molar-refractivity contribution < 1.29 is 8.42 Å². The fraction of sp³-hybridized carbons (Fsp3) is 1.00. The molecule has 8 heteroatoms. The van der Waals surface area contributed by atoms with Crippen LogP contribution >= 0.6 is 0 Å². The fourth-order valence-electron chi connectivity index (χ4n) is 3.38. The zero-order chi connectivity index (χ0) is 22.9. The lowest BCUT2D eigenvalue weighted by molar-refractivity contribution is 0.547. The van der Waals surface area contributed by atoms with Crippen molar-refractivity contribution in [1.29, 1.82) is 0 Å². The van der Waals surface area contributed by atoms with Crippen molar-refractivity contribution in [2.75, 3.05) is 58.1 Å². The number of hydrogen-bond acceptors (Lipinski definition) is 6. The van der Waals surface area contributed by atoms with Gasteiger partial charge in [0.2, 0.25) is 10.0 Å². The number of nitrogens with two attached hydrogens (primary N) is 1. The van der Waals surface area contributed by atoms with Crippen molar-refractivity contribution >= 4 is 10.0 Å². The van der Waals surface area contributed by atoms with Crippen molar-refractivity contribution in [3.63, 3.8) is 0 Å². The standard InChI is InChI=1S/C23H53N5O2S/c1-2-3-4-5-6-7-8-11-23-31(29,30)28-22-14-21-27-20-13-19-26-17-10-9-16-25-18-12-15-24/h25-28H,2-24H2,1H3. The van der Waals surface area contributed by atoms with Gasteiger partial charge in [-0.1, -0.05) is 51.9 Å². The van der Waals surface area contributed by atoms with E-state index >= 15 is 0 Å². The summed E-state index contributed by atoms with van der Waals surface area (Å²) in [5.74, 6) is 0.269. The lowest BCUT2D eigenvalue weighted by Gasteiger charge is -2.08. The van der Waals surface area contributed by atoms with Crippen LogP contribution in [-0.4, -0.2) is 66.5 Å². The van der Waals surface area contributed by atoms with Gasteiger partial charge in [-0.3, -0.25) is 0 Å². The maximum absolute atomic E-state index is 12.0.